The lowest BCUT2D eigenvalue weighted by Gasteiger charge is -2.16. The highest BCUT2D eigenvalue weighted by Crippen LogP contribution is 2.27. The standard InChI is InChI=1S/C15H21F2NO2/c1-3-5-10-7-12(20-15(16)17)8-11(6-4-2)13(10)9-14(18)19/h7-8,15H,3-6,9H2,1-2H3,(H2,18,19). The Labute approximate surface area is 118 Å². The number of amides is 1. The van der Waals surface area contributed by atoms with Crippen LogP contribution in [0.2, 0.25) is 0 Å². The maximum Gasteiger partial charge on any atom is 0.387 e. The monoisotopic (exact) mass is 285 g/mol. The molecule has 0 aromatic heterocycles. The summed E-state index contributed by atoms with van der Waals surface area (Å²) in [5, 5.41) is 0. The number of ether oxygens (including phenoxy) is 1. The van der Waals surface area contributed by atoms with E-state index < -0.39 is 12.5 Å². The molecule has 2 N–H and O–H groups in total. The van der Waals surface area contributed by atoms with E-state index in [4.69, 9.17) is 5.73 Å². The number of rotatable bonds is 8. The number of carbonyl (C=O) groups excluding carboxylic acids is 1. The van der Waals surface area contributed by atoms with Crippen LogP contribution < -0.4 is 10.5 Å². The number of halogens is 2. The summed E-state index contributed by atoms with van der Waals surface area (Å²) in [6.45, 7) is 1.14. The summed E-state index contributed by atoms with van der Waals surface area (Å²) >= 11 is 0. The molecule has 0 unspecified atom stereocenters. The second kappa shape index (κ2) is 7.82. The van der Waals surface area contributed by atoms with Gasteiger partial charge in [-0.2, -0.15) is 8.78 Å². The van der Waals surface area contributed by atoms with E-state index in [1.165, 1.54) is 0 Å². The molecule has 1 amide bonds. The molecule has 0 saturated heterocycles. The van der Waals surface area contributed by atoms with Crippen LogP contribution in [0.25, 0.3) is 0 Å². The van der Waals surface area contributed by atoms with Gasteiger partial charge in [-0.05, 0) is 41.7 Å². The Morgan fingerprint density at radius 3 is 2.05 bits per heavy atom. The summed E-state index contributed by atoms with van der Waals surface area (Å²) < 4.78 is 29.2. The molecule has 0 spiro atoms. The molecular weight excluding hydrogens is 264 g/mol. The van der Waals surface area contributed by atoms with Crippen LogP contribution in [-0.4, -0.2) is 12.5 Å². The van der Waals surface area contributed by atoms with Crippen LogP contribution in [0.15, 0.2) is 12.1 Å². The molecule has 0 aliphatic rings. The van der Waals surface area contributed by atoms with E-state index in [-0.39, 0.29) is 12.2 Å². The van der Waals surface area contributed by atoms with E-state index >= 15 is 0 Å². The molecule has 5 heteroatoms. The fourth-order valence-corrected chi connectivity index (χ4v) is 2.32. The van der Waals surface area contributed by atoms with Gasteiger partial charge >= 0.3 is 6.61 Å². The van der Waals surface area contributed by atoms with Crippen molar-refractivity contribution in [1.82, 2.24) is 0 Å². The molecule has 0 heterocycles. The fraction of sp³-hybridized carbons (Fsp3) is 0.533. The molecule has 1 aromatic carbocycles. The maximum atomic E-state index is 12.4. The average molecular weight is 285 g/mol. The summed E-state index contributed by atoms with van der Waals surface area (Å²) in [6.07, 6.45) is 3.27. The zero-order chi connectivity index (χ0) is 15.1. The van der Waals surface area contributed by atoms with Crippen molar-refractivity contribution >= 4 is 5.91 Å². The number of hydrogen-bond donors (Lipinski definition) is 1. The van der Waals surface area contributed by atoms with Gasteiger partial charge in [0, 0.05) is 0 Å². The maximum absolute atomic E-state index is 12.4. The van der Waals surface area contributed by atoms with Gasteiger partial charge in [-0.3, -0.25) is 4.79 Å². The molecule has 0 aliphatic carbocycles. The number of aryl methyl sites for hydroxylation is 2. The van der Waals surface area contributed by atoms with Crippen molar-refractivity contribution in [2.24, 2.45) is 5.73 Å². The second-order valence-corrected chi connectivity index (χ2v) is 4.74. The summed E-state index contributed by atoms with van der Waals surface area (Å²) in [4.78, 5) is 11.2. The number of carbonyl (C=O) groups is 1. The molecule has 0 radical (unpaired) electrons. The van der Waals surface area contributed by atoms with Crippen LogP contribution in [-0.2, 0) is 24.1 Å². The van der Waals surface area contributed by atoms with Gasteiger partial charge in [0.15, 0.2) is 0 Å². The lowest BCUT2D eigenvalue weighted by Crippen LogP contribution is -2.17. The van der Waals surface area contributed by atoms with Crippen molar-refractivity contribution in [2.75, 3.05) is 0 Å². The van der Waals surface area contributed by atoms with Gasteiger partial charge in [0.2, 0.25) is 5.91 Å². The largest absolute Gasteiger partial charge is 0.435 e. The molecule has 0 saturated carbocycles. The molecule has 0 fully saturated rings. The molecule has 0 aliphatic heterocycles. The Hall–Kier alpha value is -1.65. The first-order chi connectivity index (χ1) is 9.47. The predicted molar refractivity (Wildman–Crippen MR) is 74.0 cm³/mol. The van der Waals surface area contributed by atoms with Crippen LogP contribution >= 0.6 is 0 Å². The molecule has 3 nitrogen and oxygen atoms in total. The van der Waals surface area contributed by atoms with Gasteiger partial charge in [-0.1, -0.05) is 26.7 Å². The number of nitrogens with two attached hydrogens (primary N) is 1. The van der Waals surface area contributed by atoms with Gasteiger partial charge in [0.1, 0.15) is 5.75 Å². The highest BCUT2D eigenvalue weighted by molar-refractivity contribution is 5.77. The minimum Gasteiger partial charge on any atom is -0.435 e. The van der Waals surface area contributed by atoms with Crippen molar-refractivity contribution in [3.8, 4) is 5.75 Å². The Kier molecular flexibility index (Phi) is 6.42. The van der Waals surface area contributed by atoms with Gasteiger partial charge in [0.25, 0.3) is 0 Å². The van der Waals surface area contributed by atoms with Gasteiger partial charge < -0.3 is 10.5 Å². The predicted octanol–water partition coefficient (Wildman–Crippen LogP) is 3.22. The zero-order valence-corrected chi connectivity index (χ0v) is 11.9. The van der Waals surface area contributed by atoms with Crippen LogP contribution in [0.4, 0.5) is 8.78 Å². The molecule has 0 atom stereocenters. The van der Waals surface area contributed by atoms with E-state index in [0.29, 0.717) is 12.8 Å². The van der Waals surface area contributed by atoms with Crippen molar-refractivity contribution in [1.29, 1.82) is 0 Å². The smallest absolute Gasteiger partial charge is 0.387 e. The lowest BCUT2D eigenvalue weighted by atomic mass is 9.92. The highest BCUT2D eigenvalue weighted by Gasteiger charge is 2.15. The average Bonchev–Trinajstić information content (AvgIpc) is 2.33. The van der Waals surface area contributed by atoms with Crippen LogP contribution in [0, 0.1) is 0 Å². The highest BCUT2D eigenvalue weighted by atomic mass is 19.3. The first-order valence-electron chi connectivity index (χ1n) is 6.85. The van der Waals surface area contributed by atoms with Crippen molar-refractivity contribution in [2.45, 2.75) is 52.6 Å². The number of primary amides is 1. The normalized spacial score (nSPS) is 10.8. The Bertz CT molecular complexity index is 434. The van der Waals surface area contributed by atoms with Gasteiger partial charge in [0.05, 0.1) is 6.42 Å². The van der Waals surface area contributed by atoms with E-state index in [0.717, 1.165) is 29.5 Å². The van der Waals surface area contributed by atoms with E-state index in [9.17, 15) is 13.6 Å². The number of hydrogen-bond acceptors (Lipinski definition) is 2. The van der Waals surface area contributed by atoms with Gasteiger partial charge in [-0.25, -0.2) is 0 Å². The summed E-state index contributed by atoms with van der Waals surface area (Å²) in [5.41, 5.74) is 7.88. The van der Waals surface area contributed by atoms with E-state index in [1.54, 1.807) is 12.1 Å². The SMILES string of the molecule is CCCc1cc(OC(F)F)cc(CCC)c1CC(N)=O. The van der Waals surface area contributed by atoms with E-state index in [1.807, 2.05) is 13.8 Å². The summed E-state index contributed by atoms with van der Waals surface area (Å²) in [5.74, 6) is -0.262. The third-order valence-corrected chi connectivity index (χ3v) is 3.02. The fourth-order valence-electron chi connectivity index (χ4n) is 2.32. The first-order valence-corrected chi connectivity index (χ1v) is 6.85. The molecule has 0 bridgehead atoms. The van der Waals surface area contributed by atoms with Gasteiger partial charge in [-0.15, -0.1) is 0 Å². The summed E-state index contributed by atoms with van der Waals surface area (Å²) in [6, 6.07) is 3.18. The Balaban J connectivity index is 3.25. The third-order valence-electron chi connectivity index (χ3n) is 3.02. The number of benzene rings is 1. The van der Waals surface area contributed by atoms with Crippen molar-refractivity contribution in [3.05, 3.63) is 28.8 Å². The van der Waals surface area contributed by atoms with Crippen LogP contribution in [0.5, 0.6) is 5.75 Å². The molecule has 112 valence electrons. The lowest BCUT2D eigenvalue weighted by molar-refractivity contribution is -0.117. The molecular formula is C15H21F2NO2. The topological polar surface area (TPSA) is 52.3 Å². The van der Waals surface area contributed by atoms with Crippen molar-refractivity contribution < 1.29 is 18.3 Å². The minimum atomic E-state index is -2.85. The van der Waals surface area contributed by atoms with E-state index in [2.05, 4.69) is 4.74 Å². The van der Waals surface area contributed by atoms with Crippen LogP contribution in [0.3, 0.4) is 0 Å². The molecule has 20 heavy (non-hydrogen) atoms. The zero-order valence-electron chi connectivity index (χ0n) is 11.9. The Morgan fingerprint density at radius 2 is 1.70 bits per heavy atom. The summed E-state index contributed by atoms with van der Waals surface area (Å²) in [7, 11) is 0. The third kappa shape index (κ3) is 4.79. The minimum absolute atomic E-state index is 0.139. The quantitative estimate of drug-likeness (QED) is 0.797. The first kappa shape index (κ1) is 16.4. The molecule has 1 aromatic rings. The Morgan fingerprint density at radius 1 is 1.20 bits per heavy atom. The molecule has 1 rings (SSSR count). The van der Waals surface area contributed by atoms with Crippen LogP contribution in [0.1, 0.15) is 43.4 Å². The number of alkyl halides is 2. The second-order valence-electron chi connectivity index (χ2n) is 4.74. The van der Waals surface area contributed by atoms with Crippen molar-refractivity contribution in [3.63, 3.8) is 0 Å².